The Hall–Kier alpha value is -0.830. The van der Waals surface area contributed by atoms with Gasteiger partial charge in [0, 0.05) is 6.20 Å². The van der Waals surface area contributed by atoms with Crippen LogP contribution >= 0.6 is 0 Å². The lowest BCUT2D eigenvalue weighted by Crippen LogP contribution is -2.22. The van der Waals surface area contributed by atoms with Gasteiger partial charge >= 0.3 is 0 Å². The molecule has 0 spiro atoms. The van der Waals surface area contributed by atoms with Crippen molar-refractivity contribution in [3.05, 3.63) is 18.0 Å². The molecule has 1 aromatic heterocycles. The molecular formula is C11H21N3. The van der Waals surface area contributed by atoms with E-state index in [0.717, 1.165) is 13.0 Å². The Morgan fingerprint density at radius 2 is 2.14 bits per heavy atom. The first kappa shape index (κ1) is 11.2. The summed E-state index contributed by atoms with van der Waals surface area (Å²) in [6, 6.07) is 0. The van der Waals surface area contributed by atoms with Crippen molar-refractivity contribution in [2.75, 3.05) is 6.54 Å². The number of hydrogen-bond acceptors (Lipinski definition) is 2. The molecule has 0 bridgehead atoms. The van der Waals surface area contributed by atoms with Crippen LogP contribution in [-0.2, 0) is 5.54 Å². The maximum atomic E-state index is 5.53. The highest BCUT2D eigenvalue weighted by molar-refractivity contribution is 5.11. The second-order valence-corrected chi connectivity index (χ2v) is 4.87. The summed E-state index contributed by atoms with van der Waals surface area (Å²) in [6.07, 6.45) is 5.10. The molecule has 1 aromatic rings. The third-order valence-corrected chi connectivity index (χ3v) is 2.46. The lowest BCUT2D eigenvalue weighted by molar-refractivity contribution is 0.355. The van der Waals surface area contributed by atoms with E-state index in [4.69, 9.17) is 5.73 Å². The van der Waals surface area contributed by atoms with E-state index < -0.39 is 0 Å². The Kier molecular flexibility index (Phi) is 3.32. The maximum Gasteiger partial charge on any atom is 0.0543 e. The first-order chi connectivity index (χ1) is 6.45. The summed E-state index contributed by atoms with van der Waals surface area (Å²) in [4.78, 5) is 0. The fraction of sp³-hybridized carbons (Fsp3) is 0.727. The molecule has 0 saturated heterocycles. The van der Waals surface area contributed by atoms with Crippen LogP contribution in [0.1, 0.15) is 45.6 Å². The molecule has 0 aliphatic rings. The van der Waals surface area contributed by atoms with E-state index in [0.29, 0.717) is 5.92 Å². The van der Waals surface area contributed by atoms with Crippen molar-refractivity contribution in [1.82, 2.24) is 9.78 Å². The predicted molar refractivity (Wildman–Crippen MR) is 59.3 cm³/mol. The van der Waals surface area contributed by atoms with Crippen LogP contribution in [0.2, 0.25) is 0 Å². The number of nitrogens with zero attached hydrogens (tertiary/aromatic N) is 2. The zero-order valence-corrected chi connectivity index (χ0v) is 9.62. The van der Waals surface area contributed by atoms with E-state index in [2.05, 4.69) is 39.0 Å². The van der Waals surface area contributed by atoms with Gasteiger partial charge in [0.05, 0.1) is 11.7 Å². The highest BCUT2D eigenvalue weighted by Crippen LogP contribution is 2.20. The minimum atomic E-state index is 0.0701. The molecule has 0 aliphatic carbocycles. The summed E-state index contributed by atoms with van der Waals surface area (Å²) in [6.45, 7) is 9.38. The standard InChI is InChI=1S/C11H21N3/c1-9(5-6-12)10-7-13-14(8-10)11(2,3)4/h7-9H,5-6,12H2,1-4H3. The predicted octanol–water partition coefficient (Wildman–Crippen LogP) is 2.09. The van der Waals surface area contributed by atoms with E-state index in [1.807, 2.05) is 10.9 Å². The van der Waals surface area contributed by atoms with Gasteiger partial charge in [-0.25, -0.2) is 0 Å². The highest BCUT2D eigenvalue weighted by Gasteiger charge is 2.15. The summed E-state index contributed by atoms with van der Waals surface area (Å²) in [5.41, 5.74) is 6.89. The Balaban J connectivity index is 2.78. The molecule has 0 amide bonds. The molecule has 1 rings (SSSR count). The topological polar surface area (TPSA) is 43.8 Å². The van der Waals surface area contributed by atoms with Crippen LogP contribution in [0.5, 0.6) is 0 Å². The van der Waals surface area contributed by atoms with Crippen molar-refractivity contribution in [2.45, 2.75) is 45.6 Å². The quantitative estimate of drug-likeness (QED) is 0.802. The molecule has 2 N–H and O–H groups in total. The van der Waals surface area contributed by atoms with Crippen molar-refractivity contribution in [3.63, 3.8) is 0 Å². The van der Waals surface area contributed by atoms with Crippen molar-refractivity contribution in [2.24, 2.45) is 5.73 Å². The van der Waals surface area contributed by atoms with E-state index in [1.54, 1.807) is 0 Å². The number of aromatic nitrogens is 2. The monoisotopic (exact) mass is 195 g/mol. The minimum absolute atomic E-state index is 0.0701. The Morgan fingerprint density at radius 3 is 2.57 bits per heavy atom. The van der Waals surface area contributed by atoms with Crippen LogP contribution in [0.3, 0.4) is 0 Å². The summed E-state index contributed by atoms with van der Waals surface area (Å²) in [5, 5.41) is 4.37. The van der Waals surface area contributed by atoms with Crippen LogP contribution in [-0.4, -0.2) is 16.3 Å². The molecule has 0 aliphatic heterocycles. The molecule has 0 saturated carbocycles. The van der Waals surface area contributed by atoms with Gasteiger partial charge in [0.1, 0.15) is 0 Å². The molecule has 14 heavy (non-hydrogen) atoms. The van der Waals surface area contributed by atoms with E-state index in [-0.39, 0.29) is 5.54 Å². The molecule has 1 atom stereocenters. The zero-order chi connectivity index (χ0) is 10.8. The third kappa shape index (κ3) is 2.58. The van der Waals surface area contributed by atoms with E-state index >= 15 is 0 Å². The summed E-state index contributed by atoms with van der Waals surface area (Å²) < 4.78 is 2.01. The summed E-state index contributed by atoms with van der Waals surface area (Å²) >= 11 is 0. The van der Waals surface area contributed by atoms with Crippen molar-refractivity contribution >= 4 is 0 Å². The Morgan fingerprint density at radius 1 is 1.50 bits per heavy atom. The minimum Gasteiger partial charge on any atom is -0.330 e. The fourth-order valence-electron chi connectivity index (χ4n) is 1.37. The van der Waals surface area contributed by atoms with Gasteiger partial charge in [-0.2, -0.15) is 5.10 Å². The number of nitrogens with two attached hydrogens (primary N) is 1. The lowest BCUT2D eigenvalue weighted by Gasteiger charge is -2.19. The Bertz CT molecular complexity index is 283. The molecule has 80 valence electrons. The maximum absolute atomic E-state index is 5.53. The van der Waals surface area contributed by atoms with Crippen LogP contribution in [0.4, 0.5) is 0 Å². The van der Waals surface area contributed by atoms with Gasteiger partial charge < -0.3 is 5.73 Å². The van der Waals surface area contributed by atoms with Crippen molar-refractivity contribution < 1.29 is 0 Å². The van der Waals surface area contributed by atoms with Crippen molar-refractivity contribution in [3.8, 4) is 0 Å². The number of rotatable bonds is 3. The average molecular weight is 195 g/mol. The average Bonchev–Trinajstić information content (AvgIpc) is 2.51. The summed E-state index contributed by atoms with van der Waals surface area (Å²) in [7, 11) is 0. The van der Waals surface area contributed by atoms with E-state index in [1.165, 1.54) is 5.56 Å². The first-order valence-corrected chi connectivity index (χ1v) is 5.20. The molecule has 1 unspecified atom stereocenters. The third-order valence-electron chi connectivity index (χ3n) is 2.46. The highest BCUT2D eigenvalue weighted by atomic mass is 15.3. The molecular weight excluding hydrogens is 174 g/mol. The fourth-order valence-corrected chi connectivity index (χ4v) is 1.37. The lowest BCUT2D eigenvalue weighted by atomic mass is 10.0. The van der Waals surface area contributed by atoms with Gasteiger partial charge in [-0.1, -0.05) is 6.92 Å². The normalized spacial score (nSPS) is 14.4. The number of hydrogen-bond donors (Lipinski definition) is 1. The molecule has 0 fully saturated rings. The largest absolute Gasteiger partial charge is 0.330 e. The second kappa shape index (κ2) is 4.13. The molecule has 3 nitrogen and oxygen atoms in total. The van der Waals surface area contributed by atoms with Gasteiger partial charge in [0.2, 0.25) is 0 Å². The molecule has 3 heteroatoms. The molecule has 0 radical (unpaired) electrons. The molecule has 0 aromatic carbocycles. The van der Waals surface area contributed by atoms with Crippen LogP contribution < -0.4 is 5.73 Å². The second-order valence-electron chi connectivity index (χ2n) is 4.87. The SMILES string of the molecule is CC(CCN)c1cnn(C(C)(C)C)c1. The Labute approximate surface area is 86.3 Å². The van der Waals surface area contributed by atoms with Gasteiger partial charge in [-0.3, -0.25) is 4.68 Å². The van der Waals surface area contributed by atoms with E-state index in [9.17, 15) is 0 Å². The smallest absolute Gasteiger partial charge is 0.0543 e. The first-order valence-electron chi connectivity index (χ1n) is 5.20. The van der Waals surface area contributed by atoms with Crippen LogP contribution in [0, 0.1) is 0 Å². The van der Waals surface area contributed by atoms with Crippen LogP contribution in [0.25, 0.3) is 0 Å². The molecule has 1 heterocycles. The van der Waals surface area contributed by atoms with Crippen molar-refractivity contribution in [1.29, 1.82) is 0 Å². The van der Waals surface area contributed by atoms with Gasteiger partial charge in [-0.05, 0) is 45.2 Å². The van der Waals surface area contributed by atoms with Gasteiger partial charge in [-0.15, -0.1) is 0 Å². The van der Waals surface area contributed by atoms with Gasteiger partial charge in [0.25, 0.3) is 0 Å². The summed E-state index contributed by atoms with van der Waals surface area (Å²) in [5.74, 6) is 0.510. The zero-order valence-electron chi connectivity index (χ0n) is 9.62. The van der Waals surface area contributed by atoms with Gasteiger partial charge in [0.15, 0.2) is 0 Å². The van der Waals surface area contributed by atoms with Crippen LogP contribution in [0.15, 0.2) is 12.4 Å².